The van der Waals surface area contributed by atoms with Gasteiger partial charge in [-0.3, -0.25) is 18.6 Å². The van der Waals surface area contributed by atoms with Gasteiger partial charge < -0.3 is 18.9 Å². The number of carbonyl (C=O) groups is 2. The van der Waals surface area contributed by atoms with Gasteiger partial charge in [0.15, 0.2) is 6.10 Å². The van der Waals surface area contributed by atoms with Crippen LogP contribution in [0.2, 0.25) is 0 Å². The molecule has 0 heterocycles. The van der Waals surface area contributed by atoms with Gasteiger partial charge in [-0.1, -0.05) is 379 Å². The third-order valence-corrected chi connectivity index (χ3v) is 19.1. The number of likely N-dealkylation sites (N-methyl/N-ethyl adjacent to an activating group) is 1. The first-order valence-corrected chi connectivity index (χ1v) is 43.4. The monoisotopic (exact) mass is 1410 g/mol. The van der Waals surface area contributed by atoms with E-state index in [1.54, 1.807) is 0 Å². The first kappa shape index (κ1) is 96.2. The number of esters is 2. The summed E-state index contributed by atoms with van der Waals surface area (Å²) in [4.78, 5) is 36.0. The number of phosphoric ester groups is 1. The van der Waals surface area contributed by atoms with Gasteiger partial charge >= 0.3 is 19.8 Å². The van der Waals surface area contributed by atoms with Gasteiger partial charge in [0.1, 0.15) is 19.8 Å². The molecule has 0 amide bonds. The Morgan fingerprint density at radius 1 is 0.320 bits per heavy atom. The molecule has 0 aliphatic heterocycles. The average molecular weight is 1410 g/mol. The second-order valence-corrected chi connectivity index (χ2v) is 30.6. The normalized spacial score (nSPS) is 13.7. The number of allylic oxidation sites excluding steroid dienone is 22. The minimum atomic E-state index is -4.41. The van der Waals surface area contributed by atoms with Crippen LogP contribution in [0.1, 0.15) is 373 Å². The summed E-state index contributed by atoms with van der Waals surface area (Å²) in [5.74, 6) is -0.808. The predicted octanol–water partition coefficient (Wildman–Crippen LogP) is 28.3. The molecule has 9 nitrogen and oxygen atoms in total. The molecule has 0 aromatic heterocycles. The van der Waals surface area contributed by atoms with E-state index >= 15 is 0 Å². The highest BCUT2D eigenvalue weighted by Crippen LogP contribution is 2.43. The van der Waals surface area contributed by atoms with E-state index in [-0.39, 0.29) is 32.0 Å². The number of nitrogens with zero attached hydrogens (tertiary/aromatic N) is 1. The largest absolute Gasteiger partial charge is 0.472 e. The molecule has 0 aromatic rings. The number of ether oxygens (including phenoxy) is 2. The number of quaternary nitrogens is 1. The predicted molar refractivity (Wildman–Crippen MR) is 436 cm³/mol. The molecule has 0 saturated carbocycles. The Kier molecular flexibility index (Phi) is 76.2. The Bertz CT molecular complexity index is 2160. The summed E-state index contributed by atoms with van der Waals surface area (Å²) in [7, 11) is 1.46. The van der Waals surface area contributed by atoms with Crippen molar-refractivity contribution in [2.45, 2.75) is 380 Å². The molecule has 576 valence electrons. The zero-order valence-corrected chi connectivity index (χ0v) is 66.8. The standard InChI is InChI=1S/C90H158NO8P/c1-6-8-10-12-14-16-18-20-22-24-26-28-30-32-34-36-38-40-42-44-45-47-48-50-52-54-56-58-60-62-64-66-68-70-72-74-76-78-80-82-89(92)96-86-88(87-98-100(94,95)97-85-84-91(3,4)5)99-90(93)83-81-79-77-75-73-71-69-67-65-63-61-59-57-55-53-51-49-46-43-41-39-37-35-33-31-29-27-25-23-21-19-17-15-13-11-9-7-2/h9,11,15,17,21,23-24,26-27,29,33,35,39,41,46,49,53,55,59,61,65,67,88H,6-8,10,12-14,16,18-20,22,25,28,30-32,34,36-38,40,42-45,47-48,50-52,54,56-58,60,62-64,66,68-87H2,1-5H3/p+1/b11-9-,17-15-,23-21-,26-24-,29-27-,35-33-,41-39-,49-46-,55-53-,61-59-,67-65-. The summed E-state index contributed by atoms with van der Waals surface area (Å²) in [6.45, 7) is 4.33. The van der Waals surface area contributed by atoms with E-state index in [1.165, 1.54) is 218 Å². The summed E-state index contributed by atoms with van der Waals surface area (Å²) >= 11 is 0. The fraction of sp³-hybridized carbons (Fsp3) is 0.733. The minimum absolute atomic E-state index is 0.0238. The lowest BCUT2D eigenvalue weighted by molar-refractivity contribution is -0.870. The number of hydrogen-bond acceptors (Lipinski definition) is 7. The van der Waals surface area contributed by atoms with Crippen molar-refractivity contribution in [3.63, 3.8) is 0 Å². The molecule has 0 rings (SSSR count). The molecule has 0 bridgehead atoms. The molecule has 2 atom stereocenters. The van der Waals surface area contributed by atoms with Crippen molar-refractivity contribution in [3.8, 4) is 0 Å². The number of carbonyl (C=O) groups excluding carboxylic acids is 2. The van der Waals surface area contributed by atoms with E-state index < -0.39 is 26.5 Å². The van der Waals surface area contributed by atoms with Crippen LogP contribution in [0.3, 0.4) is 0 Å². The summed E-state index contributed by atoms with van der Waals surface area (Å²) in [5, 5.41) is 0. The summed E-state index contributed by atoms with van der Waals surface area (Å²) < 4.78 is 34.8. The van der Waals surface area contributed by atoms with E-state index in [0.29, 0.717) is 17.4 Å². The number of rotatable bonds is 77. The topological polar surface area (TPSA) is 108 Å². The Labute approximate surface area is 619 Å². The van der Waals surface area contributed by atoms with Crippen LogP contribution in [0.4, 0.5) is 0 Å². The average Bonchev–Trinajstić information content (AvgIpc) is 1.02. The SMILES string of the molecule is CC/C=C\C/C=C\C/C=C\C/C=C\C/C=C\C/C=C\C/C=C\C/C=C\C/C=C\C/C=C\CCCCCCCCC(=O)OC(COC(=O)CCCCCCCCCCCCCCCCCCCCCCCCCCCCC/C=C\CCCCCCCCCC)COP(=O)(O)OCC[N+](C)(C)C. The molecule has 10 heteroatoms. The van der Waals surface area contributed by atoms with Crippen molar-refractivity contribution in [2.75, 3.05) is 47.5 Å². The Balaban J connectivity index is 4.00. The van der Waals surface area contributed by atoms with Crippen LogP contribution in [0.5, 0.6) is 0 Å². The highest BCUT2D eigenvalue weighted by atomic mass is 31.2. The minimum Gasteiger partial charge on any atom is -0.462 e. The third-order valence-electron chi connectivity index (χ3n) is 18.2. The number of unbranched alkanes of at least 4 members (excludes halogenated alkanes) is 41. The Morgan fingerprint density at radius 3 is 0.860 bits per heavy atom. The maximum absolute atomic E-state index is 12.9. The van der Waals surface area contributed by atoms with E-state index in [4.69, 9.17) is 18.5 Å². The van der Waals surface area contributed by atoms with Gasteiger partial charge in [-0.15, -0.1) is 0 Å². The molecule has 0 aromatic carbocycles. The molecule has 0 aliphatic rings. The van der Waals surface area contributed by atoms with Gasteiger partial charge in [-0.2, -0.15) is 0 Å². The second-order valence-electron chi connectivity index (χ2n) is 29.1. The smallest absolute Gasteiger partial charge is 0.462 e. The number of hydrogen-bond donors (Lipinski definition) is 1. The molecular formula is C90H159NO8P+. The molecule has 100 heavy (non-hydrogen) atoms. The van der Waals surface area contributed by atoms with Crippen molar-refractivity contribution >= 4 is 19.8 Å². The van der Waals surface area contributed by atoms with Gasteiger partial charge in [0, 0.05) is 12.8 Å². The van der Waals surface area contributed by atoms with Crippen molar-refractivity contribution in [3.05, 3.63) is 134 Å². The summed E-state index contributed by atoms with van der Waals surface area (Å²) in [6.07, 6.45) is 116. The lowest BCUT2D eigenvalue weighted by Crippen LogP contribution is -2.37. The summed E-state index contributed by atoms with van der Waals surface area (Å²) in [5.41, 5.74) is 0. The van der Waals surface area contributed by atoms with Crippen molar-refractivity contribution in [2.24, 2.45) is 0 Å². The van der Waals surface area contributed by atoms with Crippen molar-refractivity contribution < 1.29 is 42.1 Å². The number of phosphoric acid groups is 1. The maximum Gasteiger partial charge on any atom is 0.472 e. The zero-order valence-electron chi connectivity index (χ0n) is 65.9. The first-order valence-electron chi connectivity index (χ1n) is 41.9. The fourth-order valence-electron chi connectivity index (χ4n) is 11.8. The van der Waals surface area contributed by atoms with Crippen LogP contribution in [-0.4, -0.2) is 74.9 Å². The van der Waals surface area contributed by atoms with Crippen LogP contribution in [-0.2, 0) is 32.7 Å². The van der Waals surface area contributed by atoms with E-state index in [9.17, 15) is 19.0 Å². The maximum atomic E-state index is 12.9. The highest BCUT2D eigenvalue weighted by molar-refractivity contribution is 7.47. The fourth-order valence-corrected chi connectivity index (χ4v) is 12.6. The molecule has 1 N–H and O–H groups in total. The van der Waals surface area contributed by atoms with Gasteiger partial charge in [0.05, 0.1) is 27.7 Å². The molecule has 0 saturated heterocycles. The Morgan fingerprint density at radius 2 is 0.570 bits per heavy atom. The quantitative estimate of drug-likeness (QED) is 0.0211. The van der Waals surface area contributed by atoms with Crippen LogP contribution in [0.15, 0.2) is 134 Å². The molecule has 0 radical (unpaired) electrons. The molecule has 0 aliphatic carbocycles. The zero-order chi connectivity index (χ0) is 72.5. The van der Waals surface area contributed by atoms with Gasteiger partial charge in [-0.05, 0) is 116 Å². The lowest BCUT2D eigenvalue weighted by atomic mass is 10.0. The Hall–Kier alpha value is -3.85. The molecule has 0 fully saturated rings. The summed E-state index contributed by atoms with van der Waals surface area (Å²) in [6, 6.07) is 0. The van der Waals surface area contributed by atoms with Crippen molar-refractivity contribution in [1.82, 2.24) is 0 Å². The van der Waals surface area contributed by atoms with Crippen LogP contribution < -0.4 is 0 Å². The van der Waals surface area contributed by atoms with E-state index in [2.05, 4.69) is 148 Å². The van der Waals surface area contributed by atoms with Crippen molar-refractivity contribution in [1.29, 1.82) is 0 Å². The second kappa shape index (κ2) is 79.3. The van der Waals surface area contributed by atoms with Crippen LogP contribution in [0.25, 0.3) is 0 Å². The molecule has 0 spiro atoms. The molecular weight excluding hydrogens is 1250 g/mol. The lowest BCUT2D eigenvalue weighted by Gasteiger charge is -2.24. The first-order chi connectivity index (χ1) is 49.0. The highest BCUT2D eigenvalue weighted by Gasteiger charge is 2.27. The van der Waals surface area contributed by atoms with Crippen LogP contribution in [0, 0.1) is 0 Å². The van der Waals surface area contributed by atoms with E-state index in [1.807, 2.05) is 21.1 Å². The molecule has 2 unspecified atom stereocenters. The third kappa shape index (κ3) is 83.1. The van der Waals surface area contributed by atoms with Gasteiger partial charge in [0.2, 0.25) is 0 Å². The van der Waals surface area contributed by atoms with Gasteiger partial charge in [0.25, 0.3) is 0 Å². The van der Waals surface area contributed by atoms with Crippen LogP contribution >= 0.6 is 7.82 Å². The van der Waals surface area contributed by atoms with E-state index in [0.717, 1.165) is 122 Å². The van der Waals surface area contributed by atoms with Gasteiger partial charge in [-0.25, -0.2) is 4.57 Å².